The van der Waals surface area contributed by atoms with Crippen molar-refractivity contribution < 1.29 is 20.1 Å². The minimum Gasteiger partial charge on any atom is -0.394 e. The van der Waals surface area contributed by atoms with Crippen LogP contribution in [-0.2, 0) is 11.2 Å². The van der Waals surface area contributed by atoms with E-state index in [1.54, 1.807) is 0 Å². The Labute approximate surface area is 157 Å². The third kappa shape index (κ3) is 4.21. The summed E-state index contributed by atoms with van der Waals surface area (Å²) in [6.07, 6.45) is 4.53. The van der Waals surface area contributed by atoms with Crippen LogP contribution in [0.4, 0.5) is 0 Å². The highest BCUT2D eigenvalue weighted by Gasteiger charge is 2.44. The number of aryl methyl sites for hydroxylation is 1. The van der Waals surface area contributed by atoms with E-state index in [4.69, 9.17) is 4.74 Å². The molecule has 1 fully saturated rings. The average molecular weight is 380 g/mol. The van der Waals surface area contributed by atoms with Gasteiger partial charge in [0, 0.05) is 6.42 Å². The lowest BCUT2D eigenvalue weighted by atomic mass is 10.1. The molecule has 0 saturated carbocycles. The quantitative estimate of drug-likeness (QED) is 0.469. The first-order valence-corrected chi connectivity index (χ1v) is 9.65. The highest BCUT2D eigenvalue weighted by atomic mass is 16.6. The molecular weight excluding hydrogens is 352 g/mol. The number of aliphatic hydroxyl groups excluding tert-OH is 3. The first kappa shape index (κ1) is 19.9. The van der Waals surface area contributed by atoms with Gasteiger partial charge in [-0.2, -0.15) is 0 Å². The summed E-state index contributed by atoms with van der Waals surface area (Å²) in [6, 6.07) is 0. The van der Waals surface area contributed by atoms with Crippen molar-refractivity contribution in [2.45, 2.75) is 76.4 Å². The van der Waals surface area contributed by atoms with Crippen molar-refractivity contribution in [3.8, 4) is 0 Å². The second kappa shape index (κ2) is 8.92. The Morgan fingerprint density at radius 3 is 2.63 bits per heavy atom. The van der Waals surface area contributed by atoms with E-state index >= 15 is 0 Å². The molecule has 3 heterocycles. The van der Waals surface area contributed by atoms with Crippen molar-refractivity contribution in [2.24, 2.45) is 0 Å². The molecule has 9 heteroatoms. The number of aromatic nitrogens is 4. The Morgan fingerprint density at radius 2 is 1.93 bits per heavy atom. The summed E-state index contributed by atoms with van der Waals surface area (Å²) >= 11 is 0. The lowest BCUT2D eigenvalue weighted by Gasteiger charge is -2.16. The van der Waals surface area contributed by atoms with Crippen LogP contribution in [-0.4, -0.2) is 59.8 Å². The zero-order valence-electron chi connectivity index (χ0n) is 15.5. The third-order valence-electron chi connectivity index (χ3n) is 5.04. The van der Waals surface area contributed by atoms with E-state index in [1.807, 2.05) is 0 Å². The minimum absolute atomic E-state index is 0.152. The van der Waals surface area contributed by atoms with Crippen LogP contribution in [0.15, 0.2) is 11.1 Å². The standard InChI is InChI=1S/C18H28N4O5/c1-2-3-4-5-6-7-8-12-20-16-13(17(26)21-12)19-10-22(16)18-15(25)14(24)11(9-23)27-18/h10-11,14-15,18,23-25H,2-9H2,1H3,(H,20,21,26). The Balaban J connectivity index is 1.76. The SMILES string of the molecule is CCCCCCCCc1nc2c(ncn2C2OC(CO)C(O)C2O)c(=O)[nH]1. The van der Waals surface area contributed by atoms with Crippen molar-refractivity contribution >= 4 is 11.2 Å². The Hall–Kier alpha value is -1.81. The van der Waals surface area contributed by atoms with Crippen LogP contribution in [0.5, 0.6) is 0 Å². The number of aliphatic hydroxyl groups is 3. The molecule has 0 radical (unpaired) electrons. The lowest BCUT2D eigenvalue weighted by molar-refractivity contribution is -0.0511. The van der Waals surface area contributed by atoms with Gasteiger partial charge in [-0.1, -0.05) is 39.0 Å². The minimum atomic E-state index is -1.25. The third-order valence-corrected chi connectivity index (χ3v) is 5.04. The van der Waals surface area contributed by atoms with E-state index < -0.39 is 31.1 Å². The fourth-order valence-corrected chi connectivity index (χ4v) is 3.46. The molecule has 4 N–H and O–H groups in total. The number of imidazole rings is 1. The van der Waals surface area contributed by atoms with Gasteiger partial charge in [-0.3, -0.25) is 9.36 Å². The van der Waals surface area contributed by atoms with Gasteiger partial charge >= 0.3 is 0 Å². The number of rotatable bonds is 9. The monoisotopic (exact) mass is 380 g/mol. The van der Waals surface area contributed by atoms with Gasteiger partial charge in [0.15, 0.2) is 17.4 Å². The first-order chi connectivity index (χ1) is 13.1. The van der Waals surface area contributed by atoms with Crippen molar-refractivity contribution in [3.63, 3.8) is 0 Å². The van der Waals surface area contributed by atoms with Crippen LogP contribution >= 0.6 is 0 Å². The number of hydrogen-bond acceptors (Lipinski definition) is 7. The summed E-state index contributed by atoms with van der Waals surface area (Å²) in [5.41, 5.74) is 0.112. The van der Waals surface area contributed by atoms with E-state index in [-0.39, 0.29) is 11.1 Å². The molecule has 4 unspecified atom stereocenters. The largest absolute Gasteiger partial charge is 0.394 e. The fraction of sp³-hybridized carbons (Fsp3) is 0.722. The number of nitrogens with one attached hydrogen (secondary N) is 1. The fourth-order valence-electron chi connectivity index (χ4n) is 3.46. The maximum atomic E-state index is 12.3. The van der Waals surface area contributed by atoms with E-state index in [2.05, 4.69) is 21.9 Å². The van der Waals surface area contributed by atoms with Crippen LogP contribution in [0.2, 0.25) is 0 Å². The molecule has 0 aliphatic carbocycles. The molecular formula is C18H28N4O5. The van der Waals surface area contributed by atoms with Gasteiger partial charge < -0.3 is 25.0 Å². The summed E-state index contributed by atoms with van der Waals surface area (Å²) in [6.45, 7) is 1.76. The van der Waals surface area contributed by atoms with Crippen LogP contribution in [0.1, 0.15) is 57.5 Å². The topological polar surface area (TPSA) is 133 Å². The average Bonchev–Trinajstić information content (AvgIpc) is 3.20. The molecule has 27 heavy (non-hydrogen) atoms. The zero-order chi connectivity index (χ0) is 19.4. The normalized spacial score (nSPS) is 25.5. The highest BCUT2D eigenvalue weighted by Crippen LogP contribution is 2.30. The molecule has 1 aliphatic heterocycles. The second-order valence-electron chi connectivity index (χ2n) is 7.08. The van der Waals surface area contributed by atoms with Gasteiger partial charge in [-0.15, -0.1) is 0 Å². The van der Waals surface area contributed by atoms with Crippen molar-refractivity contribution in [1.82, 2.24) is 19.5 Å². The number of nitrogens with zero attached hydrogens (tertiary/aromatic N) is 3. The lowest BCUT2D eigenvalue weighted by Crippen LogP contribution is -2.33. The summed E-state index contributed by atoms with van der Waals surface area (Å²) in [5.74, 6) is 0.566. The maximum absolute atomic E-state index is 12.3. The van der Waals surface area contributed by atoms with E-state index in [9.17, 15) is 20.1 Å². The summed E-state index contributed by atoms with van der Waals surface area (Å²) in [4.78, 5) is 23.6. The zero-order valence-corrected chi connectivity index (χ0v) is 15.5. The number of H-pyrrole nitrogens is 1. The van der Waals surface area contributed by atoms with Crippen LogP contribution in [0.25, 0.3) is 11.2 Å². The number of ether oxygens (including phenoxy) is 1. The van der Waals surface area contributed by atoms with Gasteiger partial charge in [0.25, 0.3) is 5.56 Å². The van der Waals surface area contributed by atoms with Gasteiger partial charge in [-0.05, 0) is 6.42 Å². The molecule has 9 nitrogen and oxygen atoms in total. The number of aromatic amines is 1. The van der Waals surface area contributed by atoms with Crippen LogP contribution in [0.3, 0.4) is 0 Å². The van der Waals surface area contributed by atoms with E-state index in [1.165, 1.54) is 36.6 Å². The molecule has 0 bridgehead atoms. The Bertz CT molecular complexity index is 805. The molecule has 2 aromatic heterocycles. The smallest absolute Gasteiger partial charge is 0.279 e. The van der Waals surface area contributed by atoms with Crippen molar-refractivity contribution in [3.05, 3.63) is 22.5 Å². The highest BCUT2D eigenvalue weighted by molar-refractivity contribution is 5.69. The van der Waals surface area contributed by atoms with Crippen LogP contribution in [0, 0.1) is 0 Å². The predicted molar refractivity (Wildman–Crippen MR) is 98.2 cm³/mol. The number of unbranched alkanes of at least 4 members (excludes halogenated alkanes) is 5. The molecule has 4 atom stereocenters. The van der Waals surface area contributed by atoms with E-state index in [0.717, 1.165) is 12.8 Å². The van der Waals surface area contributed by atoms with E-state index in [0.29, 0.717) is 17.9 Å². The number of hydrogen-bond donors (Lipinski definition) is 4. The Morgan fingerprint density at radius 1 is 1.19 bits per heavy atom. The molecule has 0 spiro atoms. The second-order valence-corrected chi connectivity index (χ2v) is 7.08. The van der Waals surface area contributed by atoms with Gasteiger partial charge in [0.05, 0.1) is 12.9 Å². The molecule has 1 aliphatic rings. The van der Waals surface area contributed by atoms with Crippen molar-refractivity contribution in [1.29, 1.82) is 0 Å². The molecule has 0 amide bonds. The first-order valence-electron chi connectivity index (χ1n) is 9.65. The van der Waals surface area contributed by atoms with Gasteiger partial charge in [0.1, 0.15) is 24.1 Å². The van der Waals surface area contributed by atoms with Crippen LogP contribution < -0.4 is 5.56 Å². The Kier molecular flexibility index (Phi) is 6.59. The molecule has 3 rings (SSSR count). The molecule has 0 aromatic carbocycles. The maximum Gasteiger partial charge on any atom is 0.279 e. The summed E-state index contributed by atoms with van der Waals surface area (Å²) < 4.78 is 6.97. The predicted octanol–water partition coefficient (Wildman–Crippen LogP) is 0.634. The van der Waals surface area contributed by atoms with Crippen molar-refractivity contribution in [2.75, 3.05) is 6.61 Å². The van der Waals surface area contributed by atoms with Gasteiger partial charge in [-0.25, -0.2) is 9.97 Å². The molecule has 150 valence electrons. The van der Waals surface area contributed by atoms with Gasteiger partial charge in [0.2, 0.25) is 0 Å². The summed E-state index contributed by atoms with van der Waals surface area (Å²) in [7, 11) is 0. The number of fused-ring (bicyclic) bond motifs is 1. The molecule has 1 saturated heterocycles. The summed E-state index contributed by atoms with van der Waals surface area (Å²) in [5, 5.41) is 29.4. The molecule has 2 aromatic rings.